The Morgan fingerprint density at radius 2 is 1.44 bits per heavy atom. The molecule has 0 aromatic rings. The quantitative estimate of drug-likeness (QED) is 0.391. The molecule has 0 bridgehead atoms. The summed E-state index contributed by atoms with van der Waals surface area (Å²) >= 11 is 2.76. The van der Waals surface area contributed by atoms with Gasteiger partial charge < -0.3 is 0 Å². The molecule has 0 nitrogen and oxygen atoms in total. The van der Waals surface area contributed by atoms with Crippen LogP contribution in [-0.4, -0.2) is 37.6 Å². The van der Waals surface area contributed by atoms with Crippen molar-refractivity contribution in [3.05, 3.63) is 25.3 Å². The molecule has 0 radical (unpaired) electrons. The van der Waals surface area contributed by atoms with E-state index in [2.05, 4.69) is 13.2 Å². The third kappa shape index (κ3) is 9.04. The van der Waals surface area contributed by atoms with Crippen molar-refractivity contribution in [1.82, 2.24) is 0 Å². The van der Waals surface area contributed by atoms with E-state index in [0.29, 0.717) is 0 Å². The topological polar surface area (TPSA) is 0 Å². The standard InChI is InChI=1S/C6H10Se3/c1-3-5-7-9-8-6-4-2/h3-4H,1-2,5-6H2. The molecule has 0 aromatic heterocycles. The van der Waals surface area contributed by atoms with Gasteiger partial charge in [0, 0.05) is 0 Å². The molecule has 0 aliphatic heterocycles. The molecule has 0 saturated carbocycles. The molecule has 0 aliphatic carbocycles. The van der Waals surface area contributed by atoms with Crippen molar-refractivity contribution >= 4 is 37.6 Å². The Hall–Kier alpha value is 1.04. The van der Waals surface area contributed by atoms with Crippen molar-refractivity contribution in [1.29, 1.82) is 0 Å². The Kier molecular flexibility index (Phi) is 10.1. The van der Waals surface area contributed by atoms with Crippen LogP contribution in [0.3, 0.4) is 0 Å². The van der Waals surface area contributed by atoms with Crippen LogP contribution in [0.5, 0.6) is 0 Å². The third-order valence-corrected chi connectivity index (χ3v) is 18.4. The first-order valence-electron chi connectivity index (χ1n) is 2.54. The molecule has 0 atom stereocenters. The van der Waals surface area contributed by atoms with Gasteiger partial charge in [-0.05, 0) is 0 Å². The van der Waals surface area contributed by atoms with E-state index in [4.69, 9.17) is 0 Å². The minimum atomic E-state index is 0.901. The molecule has 0 N–H and O–H groups in total. The fraction of sp³-hybridized carbons (Fsp3) is 0.333. The summed E-state index contributed by atoms with van der Waals surface area (Å²) in [5, 5.41) is 2.54. The van der Waals surface area contributed by atoms with Crippen molar-refractivity contribution in [2.24, 2.45) is 0 Å². The van der Waals surface area contributed by atoms with Gasteiger partial charge in [-0.1, -0.05) is 0 Å². The molecule has 0 spiro atoms. The summed E-state index contributed by atoms with van der Waals surface area (Å²) < 4.78 is 0. The fourth-order valence-electron chi connectivity index (χ4n) is 0.186. The average molecular weight is 319 g/mol. The van der Waals surface area contributed by atoms with Gasteiger partial charge in [0.15, 0.2) is 0 Å². The Morgan fingerprint density at radius 1 is 1.00 bits per heavy atom. The van der Waals surface area contributed by atoms with Crippen LogP contribution in [0.25, 0.3) is 0 Å². The number of hydrogen-bond donors (Lipinski definition) is 0. The molecule has 0 aromatic carbocycles. The van der Waals surface area contributed by atoms with Crippen molar-refractivity contribution < 1.29 is 0 Å². The molecular formula is C6H10Se3. The first-order chi connectivity index (χ1) is 4.41. The van der Waals surface area contributed by atoms with Crippen LogP contribution in [0.2, 0.25) is 10.6 Å². The van der Waals surface area contributed by atoms with Crippen molar-refractivity contribution in [3.8, 4) is 0 Å². The molecule has 9 heavy (non-hydrogen) atoms. The fourth-order valence-corrected chi connectivity index (χ4v) is 15.2. The molecular weight excluding hydrogens is 309 g/mol. The number of hydrogen-bond acceptors (Lipinski definition) is 0. The Morgan fingerprint density at radius 3 is 1.78 bits per heavy atom. The van der Waals surface area contributed by atoms with Gasteiger partial charge >= 0.3 is 73.5 Å². The molecule has 0 amide bonds. The van der Waals surface area contributed by atoms with Gasteiger partial charge in [0.2, 0.25) is 0 Å². The van der Waals surface area contributed by atoms with Gasteiger partial charge in [-0.3, -0.25) is 0 Å². The summed E-state index contributed by atoms with van der Waals surface area (Å²) in [6, 6.07) is 0. The summed E-state index contributed by atoms with van der Waals surface area (Å²) in [6.45, 7) is 7.38. The van der Waals surface area contributed by atoms with E-state index in [1.54, 1.807) is 0 Å². The van der Waals surface area contributed by atoms with Crippen LogP contribution < -0.4 is 0 Å². The monoisotopic (exact) mass is 322 g/mol. The zero-order valence-corrected chi connectivity index (χ0v) is 10.3. The number of allylic oxidation sites excluding steroid dienone is 2. The van der Waals surface area contributed by atoms with E-state index in [1.807, 2.05) is 12.2 Å². The predicted molar refractivity (Wildman–Crippen MR) is 47.3 cm³/mol. The average Bonchev–Trinajstić information content (AvgIpc) is 1.89. The molecule has 0 heterocycles. The van der Waals surface area contributed by atoms with Crippen molar-refractivity contribution in [3.63, 3.8) is 0 Å². The third-order valence-electron chi connectivity index (χ3n) is 0.468. The molecule has 0 unspecified atom stereocenters. The van der Waals surface area contributed by atoms with Crippen LogP contribution in [0.15, 0.2) is 25.3 Å². The van der Waals surface area contributed by atoms with Crippen LogP contribution in [0.1, 0.15) is 0 Å². The van der Waals surface area contributed by atoms with Gasteiger partial charge in [-0.2, -0.15) is 0 Å². The molecule has 3 heteroatoms. The second-order valence-corrected chi connectivity index (χ2v) is 18.2. The second kappa shape index (κ2) is 9.04. The zero-order chi connectivity index (χ0) is 6.95. The Balaban J connectivity index is 2.74. The molecule has 0 fully saturated rings. The van der Waals surface area contributed by atoms with E-state index in [0.717, 1.165) is 37.6 Å². The second-order valence-electron chi connectivity index (χ2n) is 1.21. The summed E-state index contributed by atoms with van der Waals surface area (Å²) in [4.78, 5) is 0. The first-order valence-corrected chi connectivity index (χ1v) is 13.6. The van der Waals surface area contributed by atoms with E-state index in [1.165, 1.54) is 10.6 Å². The zero-order valence-electron chi connectivity index (χ0n) is 5.21. The SMILES string of the molecule is C=CC[Se][Se][Se]CC=C. The number of rotatable bonds is 6. The molecule has 52 valence electrons. The summed E-state index contributed by atoms with van der Waals surface area (Å²) in [6.07, 6.45) is 4.07. The van der Waals surface area contributed by atoms with E-state index < -0.39 is 0 Å². The summed E-state index contributed by atoms with van der Waals surface area (Å²) in [5.74, 6) is 0. The normalized spacial score (nSPS) is 8.89. The van der Waals surface area contributed by atoms with Crippen LogP contribution >= 0.6 is 0 Å². The maximum atomic E-state index is 3.69. The maximum absolute atomic E-state index is 3.69. The van der Waals surface area contributed by atoms with Crippen LogP contribution in [0, 0.1) is 0 Å². The predicted octanol–water partition coefficient (Wildman–Crippen LogP) is 1.14. The first kappa shape index (κ1) is 10.0. The molecule has 0 aliphatic rings. The van der Waals surface area contributed by atoms with Crippen molar-refractivity contribution in [2.75, 3.05) is 0 Å². The van der Waals surface area contributed by atoms with Gasteiger partial charge in [0.1, 0.15) is 0 Å². The summed E-state index contributed by atoms with van der Waals surface area (Å²) in [5.41, 5.74) is 0. The van der Waals surface area contributed by atoms with Crippen LogP contribution in [-0.2, 0) is 0 Å². The van der Waals surface area contributed by atoms with E-state index >= 15 is 0 Å². The van der Waals surface area contributed by atoms with Crippen LogP contribution in [0.4, 0.5) is 0 Å². The van der Waals surface area contributed by atoms with Crippen molar-refractivity contribution in [2.45, 2.75) is 10.6 Å². The van der Waals surface area contributed by atoms with Gasteiger partial charge in [-0.25, -0.2) is 0 Å². The Labute approximate surface area is 73.1 Å². The van der Waals surface area contributed by atoms with Gasteiger partial charge in [0.25, 0.3) is 0 Å². The molecule has 0 rings (SSSR count). The van der Waals surface area contributed by atoms with E-state index in [-0.39, 0.29) is 0 Å². The Bertz CT molecular complexity index is 70.4. The van der Waals surface area contributed by atoms with E-state index in [9.17, 15) is 0 Å². The van der Waals surface area contributed by atoms with Gasteiger partial charge in [-0.15, -0.1) is 0 Å². The van der Waals surface area contributed by atoms with Gasteiger partial charge in [0.05, 0.1) is 0 Å². The minimum absolute atomic E-state index is 0.901. The summed E-state index contributed by atoms with van der Waals surface area (Å²) in [7, 11) is 0. The molecule has 0 saturated heterocycles.